The molecule has 1 aromatic carbocycles. The minimum Gasteiger partial charge on any atom is -0.326 e. The van der Waals surface area contributed by atoms with Crippen molar-refractivity contribution in [3.63, 3.8) is 0 Å². The van der Waals surface area contributed by atoms with Gasteiger partial charge in [-0.1, -0.05) is 41.9 Å². The molecule has 2 atom stereocenters. The van der Waals surface area contributed by atoms with Gasteiger partial charge in [0.25, 0.3) is 0 Å². The minimum absolute atomic E-state index is 0.216. The van der Waals surface area contributed by atoms with E-state index < -0.39 is 0 Å². The summed E-state index contributed by atoms with van der Waals surface area (Å²) in [7, 11) is 0. The molecule has 0 bridgehead atoms. The number of hydrogen-bond acceptors (Lipinski definition) is 2. The summed E-state index contributed by atoms with van der Waals surface area (Å²) in [4.78, 5) is 2.64. The molecule has 1 fully saturated rings. The van der Waals surface area contributed by atoms with Crippen molar-refractivity contribution in [3.8, 4) is 0 Å². The first-order valence-electron chi connectivity index (χ1n) is 7.44. The molecule has 2 unspecified atom stereocenters. The van der Waals surface area contributed by atoms with Crippen molar-refractivity contribution in [3.05, 3.63) is 34.3 Å². The van der Waals surface area contributed by atoms with Gasteiger partial charge >= 0.3 is 0 Å². The van der Waals surface area contributed by atoms with Crippen molar-refractivity contribution in [1.29, 1.82) is 0 Å². The van der Waals surface area contributed by atoms with Crippen LogP contribution in [0, 0.1) is 0 Å². The number of hydrogen-bond donors (Lipinski definition) is 1. The van der Waals surface area contributed by atoms with Crippen LogP contribution in [-0.4, -0.2) is 23.5 Å². The number of halogens is 1. The van der Waals surface area contributed by atoms with E-state index in [1.165, 1.54) is 24.8 Å². The van der Waals surface area contributed by atoms with E-state index in [9.17, 15) is 0 Å². The van der Waals surface area contributed by atoms with Crippen molar-refractivity contribution < 1.29 is 0 Å². The summed E-state index contributed by atoms with van der Waals surface area (Å²) in [5.74, 6) is 0. The second-order valence-electron chi connectivity index (χ2n) is 5.54. The highest BCUT2D eigenvalue weighted by Gasteiger charge is 2.36. The topological polar surface area (TPSA) is 29.3 Å². The maximum atomic E-state index is 6.43. The molecule has 0 radical (unpaired) electrons. The summed E-state index contributed by atoms with van der Waals surface area (Å²) >= 11 is 3.51. The van der Waals surface area contributed by atoms with E-state index in [4.69, 9.17) is 5.73 Å². The Bertz CT molecular complexity index is 386. The highest BCUT2D eigenvalue weighted by atomic mass is 79.9. The van der Waals surface area contributed by atoms with E-state index in [1.807, 2.05) is 0 Å². The number of benzene rings is 1. The number of nitrogens with two attached hydrogens (primary N) is 1. The SMILES string of the molecule is CCCN(C1CC1)C(c1ccc(Br)cc1)C(N)CC. The smallest absolute Gasteiger partial charge is 0.0502 e. The molecule has 106 valence electrons. The van der Waals surface area contributed by atoms with Crippen LogP contribution in [0.25, 0.3) is 0 Å². The van der Waals surface area contributed by atoms with Crippen LogP contribution < -0.4 is 5.73 Å². The first-order chi connectivity index (χ1) is 9.17. The monoisotopic (exact) mass is 324 g/mol. The van der Waals surface area contributed by atoms with Crippen LogP contribution in [0.15, 0.2) is 28.7 Å². The van der Waals surface area contributed by atoms with Crippen LogP contribution in [0.5, 0.6) is 0 Å². The van der Waals surface area contributed by atoms with Gasteiger partial charge in [-0.3, -0.25) is 4.90 Å². The molecule has 2 nitrogen and oxygen atoms in total. The van der Waals surface area contributed by atoms with Gasteiger partial charge in [0.2, 0.25) is 0 Å². The van der Waals surface area contributed by atoms with E-state index in [0.717, 1.165) is 23.5 Å². The standard InChI is InChI=1S/C16H25BrN2/c1-3-11-19(14-9-10-14)16(15(18)4-2)12-5-7-13(17)8-6-12/h5-8,14-16H,3-4,9-11,18H2,1-2H3. The first kappa shape index (κ1) is 15.0. The van der Waals surface area contributed by atoms with E-state index in [1.54, 1.807) is 0 Å². The Morgan fingerprint density at radius 3 is 2.37 bits per heavy atom. The fourth-order valence-corrected chi connectivity index (χ4v) is 3.05. The Labute approximate surface area is 125 Å². The van der Waals surface area contributed by atoms with Crippen molar-refractivity contribution >= 4 is 15.9 Å². The fraction of sp³-hybridized carbons (Fsp3) is 0.625. The Kier molecular flexibility index (Phi) is 5.43. The van der Waals surface area contributed by atoms with Gasteiger partial charge in [0.15, 0.2) is 0 Å². The molecule has 1 aliphatic rings. The van der Waals surface area contributed by atoms with Crippen LogP contribution in [0.2, 0.25) is 0 Å². The Morgan fingerprint density at radius 1 is 1.26 bits per heavy atom. The van der Waals surface area contributed by atoms with Gasteiger partial charge < -0.3 is 5.73 Å². The predicted octanol–water partition coefficient (Wildman–Crippen LogP) is 4.10. The third-order valence-electron chi connectivity index (χ3n) is 3.94. The zero-order valence-electron chi connectivity index (χ0n) is 12.0. The van der Waals surface area contributed by atoms with Gasteiger partial charge in [-0.05, 0) is 49.9 Å². The summed E-state index contributed by atoms with van der Waals surface area (Å²) < 4.78 is 1.13. The largest absolute Gasteiger partial charge is 0.326 e. The van der Waals surface area contributed by atoms with E-state index in [-0.39, 0.29) is 6.04 Å². The summed E-state index contributed by atoms with van der Waals surface area (Å²) in [5.41, 5.74) is 7.79. The van der Waals surface area contributed by atoms with Crippen molar-refractivity contribution in [2.45, 2.75) is 57.7 Å². The van der Waals surface area contributed by atoms with E-state index in [0.29, 0.717) is 6.04 Å². The average Bonchev–Trinajstić information content (AvgIpc) is 3.24. The van der Waals surface area contributed by atoms with Gasteiger partial charge in [-0.15, -0.1) is 0 Å². The summed E-state index contributed by atoms with van der Waals surface area (Å²) in [6.45, 7) is 5.60. The zero-order chi connectivity index (χ0) is 13.8. The molecule has 2 rings (SSSR count). The molecule has 1 aromatic rings. The Hall–Kier alpha value is -0.380. The van der Waals surface area contributed by atoms with E-state index >= 15 is 0 Å². The van der Waals surface area contributed by atoms with Crippen molar-refractivity contribution in [2.75, 3.05) is 6.54 Å². The maximum absolute atomic E-state index is 6.43. The van der Waals surface area contributed by atoms with Crippen LogP contribution in [0.3, 0.4) is 0 Å². The lowest BCUT2D eigenvalue weighted by Crippen LogP contribution is -2.42. The lowest BCUT2D eigenvalue weighted by molar-refractivity contribution is 0.159. The highest BCUT2D eigenvalue weighted by molar-refractivity contribution is 9.10. The molecule has 0 heterocycles. The van der Waals surface area contributed by atoms with Crippen LogP contribution in [0.4, 0.5) is 0 Å². The molecule has 3 heteroatoms. The van der Waals surface area contributed by atoms with Gasteiger partial charge in [-0.25, -0.2) is 0 Å². The summed E-state index contributed by atoms with van der Waals surface area (Å²) in [5, 5.41) is 0. The molecule has 0 saturated heterocycles. The fourth-order valence-electron chi connectivity index (χ4n) is 2.78. The first-order valence-corrected chi connectivity index (χ1v) is 8.23. The maximum Gasteiger partial charge on any atom is 0.0502 e. The molecule has 0 amide bonds. The molecular formula is C16H25BrN2. The number of nitrogens with zero attached hydrogens (tertiary/aromatic N) is 1. The molecule has 0 aromatic heterocycles. The van der Waals surface area contributed by atoms with Gasteiger partial charge in [0.1, 0.15) is 0 Å². The van der Waals surface area contributed by atoms with Gasteiger partial charge in [0.05, 0.1) is 6.04 Å². The molecule has 2 N–H and O–H groups in total. The third kappa shape index (κ3) is 3.80. The molecule has 0 aliphatic heterocycles. The second-order valence-corrected chi connectivity index (χ2v) is 6.45. The predicted molar refractivity (Wildman–Crippen MR) is 85.2 cm³/mol. The second kappa shape index (κ2) is 6.87. The number of rotatable bonds is 7. The minimum atomic E-state index is 0.216. The van der Waals surface area contributed by atoms with Crippen LogP contribution in [0.1, 0.15) is 51.1 Å². The molecule has 0 spiro atoms. The van der Waals surface area contributed by atoms with Crippen LogP contribution in [-0.2, 0) is 0 Å². The summed E-state index contributed by atoms with van der Waals surface area (Å²) in [6, 6.07) is 10.0. The zero-order valence-corrected chi connectivity index (χ0v) is 13.6. The lowest BCUT2D eigenvalue weighted by Gasteiger charge is -2.36. The summed E-state index contributed by atoms with van der Waals surface area (Å²) in [6.07, 6.45) is 4.89. The van der Waals surface area contributed by atoms with Gasteiger partial charge in [0, 0.05) is 16.6 Å². The van der Waals surface area contributed by atoms with E-state index in [2.05, 4.69) is 58.9 Å². The molecule has 19 heavy (non-hydrogen) atoms. The Balaban J connectivity index is 2.25. The molecule has 1 saturated carbocycles. The molecular weight excluding hydrogens is 300 g/mol. The lowest BCUT2D eigenvalue weighted by atomic mass is 9.96. The normalized spacial score (nSPS) is 18.6. The van der Waals surface area contributed by atoms with Crippen LogP contribution >= 0.6 is 15.9 Å². The van der Waals surface area contributed by atoms with Gasteiger partial charge in [-0.2, -0.15) is 0 Å². The third-order valence-corrected chi connectivity index (χ3v) is 4.47. The molecule has 1 aliphatic carbocycles. The average molecular weight is 325 g/mol. The quantitative estimate of drug-likeness (QED) is 0.818. The highest BCUT2D eigenvalue weighted by Crippen LogP contribution is 2.36. The van der Waals surface area contributed by atoms with Crippen molar-refractivity contribution in [1.82, 2.24) is 4.90 Å². The Morgan fingerprint density at radius 2 is 1.89 bits per heavy atom. The van der Waals surface area contributed by atoms with Crippen molar-refractivity contribution in [2.24, 2.45) is 5.73 Å².